The van der Waals surface area contributed by atoms with Gasteiger partial charge in [-0.25, -0.2) is 0 Å². The van der Waals surface area contributed by atoms with Crippen LogP contribution in [-0.2, 0) is 12.8 Å². The fourth-order valence-electron chi connectivity index (χ4n) is 3.01. The standard InChI is InChI=1S/C20H16.2K/c1-2-6-18-12-15(11-17(18)5-1)9-10-16-13-19-7-3-4-8-20(19)14-16;;/h1-8,11-14H,9-10H2;;/q-2;2*+1. The summed E-state index contributed by atoms with van der Waals surface area (Å²) < 4.78 is 0. The Morgan fingerprint density at radius 2 is 1.00 bits per heavy atom. The Bertz CT molecular complexity index is 727. The zero-order chi connectivity index (χ0) is 13.4. The molecule has 2 heteroatoms. The van der Waals surface area contributed by atoms with Crippen molar-refractivity contribution in [1.29, 1.82) is 0 Å². The molecule has 4 aromatic carbocycles. The SMILES string of the molecule is [K+].[K+].c1ccc2[cH-]c(CCc3cc4ccccc4[cH-]3)cc2c1. The van der Waals surface area contributed by atoms with Crippen molar-refractivity contribution in [1.82, 2.24) is 0 Å². The molecular weight excluding hydrogens is 318 g/mol. The Hall–Kier alpha value is 0.933. The first-order chi connectivity index (χ1) is 9.88. The second-order valence-corrected chi connectivity index (χ2v) is 5.49. The number of benzene rings is 2. The summed E-state index contributed by atoms with van der Waals surface area (Å²) in [5, 5.41) is 5.43. The van der Waals surface area contributed by atoms with Gasteiger partial charge >= 0.3 is 103 Å². The predicted octanol–water partition coefficient (Wildman–Crippen LogP) is -0.776. The molecule has 22 heavy (non-hydrogen) atoms. The maximum atomic E-state index is 2.32. The first kappa shape index (κ1) is 19.3. The first-order valence-electron chi connectivity index (χ1n) is 7.17. The summed E-state index contributed by atoms with van der Waals surface area (Å²) in [6.07, 6.45) is 2.23. The third-order valence-corrected chi connectivity index (χ3v) is 4.06. The zero-order valence-corrected chi connectivity index (χ0v) is 19.6. The molecule has 0 aliphatic rings. The van der Waals surface area contributed by atoms with Crippen molar-refractivity contribution in [2.24, 2.45) is 0 Å². The molecule has 0 spiro atoms. The van der Waals surface area contributed by atoms with Gasteiger partial charge in [-0.05, 0) is 12.8 Å². The Morgan fingerprint density at radius 1 is 0.591 bits per heavy atom. The van der Waals surface area contributed by atoms with Gasteiger partial charge in [0.05, 0.1) is 0 Å². The minimum Gasteiger partial charge on any atom is -0.165 e. The van der Waals surface area contributed by atoms with Crippen molar-refractivity contribution in [3.8, 4) is 0 Å². The van der Waals surface area contributed by atoms with Crippen LogP contribution in [-0.4, -0.2) is 0 Å². The van der Waals surface area contributed by atoms with Gasteiger partial charge in [0.25, 0.3) is 0 Å². The van der Waals surface area contributed by atoms with Crippen molar-refractivity contribution in [2.45, 2.75) is 12.8 Å². The Kier molecular flexibility index (Phi) is 7.76. The van der Waals surface area contributed by atoms with Crippen LogP contribution in [0.1, 0.15) is 11.1 Å². The summed E-state index contributed by atoms with van der Waals surface area (Å²) in [6.45, 7) is 0. The minimum atomic E-state index is 0. The quantitative estimate of drug-likeness (QED) is 0.341. The van der Waals surface area contributed by atoms with E-state index < -0.39 is 0 Å². The van der Waals surface area contributed by atoms with Gasteiger partial charge in [-0.15, -0.1) is 81.2 Å². The second kappa shape index (κ2) is 8.86. The normalized spacial score (nSPS) is 10.4. The number of hydrogen-bond donors (Lipinski definition) is 0. The number of fused-ring (bicyclic) bond motifs is 2. The molecule has 4 aromatic rings. The summed E-state index contributed by atoms with van der Waals surface area (Å²) in [5.41, 5.74) is 2.88. The third-order valence-electron chi connectivity index (χ3n) is 4.06. The molecule has 0 bridgehead atoms. The molecule has 4 rings (SSSR count). The number of aryl methyl sites for hydroxylation is 2. The molecule has 0 aromatic heterocycles. The van der Waals surface area contributed by atoms with Gasteiger partial charge in [-0.1, -0.05) is 12.1 Å². The Morgan fingerprint density at radius 3 is 1.41 bits per heavy atom. The van der Waals surface area contributed by atoms with E-state index in [0.29, 0.717) is 0 Å². The smallest absolute Gasteiger partial charge is 0.165 e. The van der Waals surface area contributed by atoms with Crippen LogP contribution < -0.4 is 103 Å². The van der Waals surface area contributed by atoms with Crippen molar-refractivity contribution in [3.63, 3.8) is 0 Å². The number of hydrogen-bond acceptors (Lipinski definition) is 0. The second-order valence-electron chi connectivity index (χ2n) is 5.49. The van der Waals surface area contributed by atoms with E-state index in [9.17, 15) is 0 Å². The van der Waals surface area contributed by atoms with Crippen LogP contribution in [0.25, 0.3) is 21.5 Å². The van der Waals surface area contributed by atoms with E-state index in [1.165, 1.54) is 32.7 Å². The number of rotatable bonds is 3. The molecule has 0 aliphatic carbocycles. The largest absolute Gasteiger partial charge is 1.00 e. The molecule has 98 valence electrons. The van der Waals surface area contributed by atoms with Gasteiger partial charge in [0.1, 0.15) is 0 Å². The van der Waals surface area contributed by atoms with Gasteiger partial charge in [-0.3, -0.25) is 0 Å². The molecule has 0 heterocycles. The molecule has 0 fully saturated rings. The van der Waals surface area contributed by atoms with Gasteiger partial charge in [-0.2, -0.15) is 12.1 Å². The molecule has 0 amide bonds. The fourth-order valence-corrected chi connectivity index (χ4v) is 3.01. The van der Waals surface area contributed by atoms with Crippen molar-refractivity contribution < 1.29 is 103 Å². The van der Waals surface area contributed by atoms with E-state index in [0.717, 1.165) is 12.8 Å². The van der Waals surface area contributed by atoms with E-state index in [2.05, 4.69) is 72.8 Å². The van der Waals surface area contributed by atoms with Crippen LogP contribution in [0.5, 0.6) is 0 Å². The molecule has 0 atom stereocenters. The third kappa shape index (κ3) is 4.31. The first-order valence-corrected chi connectivity index (χ1v) is 7.17. The van der Waals surface area contributed by atoms with Gasteiger partial charge in [0.2, 0.25) is 0 Å². The predicted molar refractivity (Wildman–Crippen MR) is 86.5 cm³/mol. The average Bonchev–Trinajstić information content (AvgIpc) is 3.07. The topological polar surface area (TPSA) is 0 Å². The van der Waals surface area contributed by atoms with Crippen LogP contribution in [0.15, 0.2) is 72.8 Å². The van der Waals surface area contributed by atoms with Crippen LogP contribution in [0.2, 0.25) is 0 Å². The van der Waals surface area contributed by atoms with E-state index in [1.54, 1.807) is 0 Å². The minimum absolute atomic E-state index is 0. The van der Waals surface area contributed by atoms with Crippen LogP contribution in [0, 0.1) is 0 Å². The Labute approximate surface area is 216 Å². The van der Waals surface area contributed by atoms with Gasteiger partial charge in [0, 0.05) is 0 Å². The molecule has 0 nitrogen and oxygen atoms in total. The molecule has 0 aliphatic heterocycles. The summed E-state index contributed by atoms with van der Waals surface area (Å²) in [6, 6.07) is 26.5. The van der Waals surface area contributed by atoms with E-state index in [4.69, 9.17) is 0 Å². The molecule has 0 saturated carbocycles. The monoisotopic (exact) mass is 334 g/mol. The maximum absolute atomic E-state index is 2.32. The van der Waals surface area contributed by atoms with Crippen molar-refractivity contribution in [2.75, 3.05) is 0 Å². The van der Waals surface area contributed by atoms with Crippen molar-refractivity contribution in [3.05, 3.63) is 83.9 Å². The summed E-state index contributed by atoms with van der Waals surface area (Å²) >= 11 is 0. The summed E-state index contributed by atoms with van der Waals surface area (Å²) in [7, 11) is 0. The Balaban J connectivity index is 0.000000882. The molecule has 0 saturated heterocycles. The van der Waals surface area contributed by atoms with E-state index in [1.807, 2.05) is 0 Å². The van der Waals surface area contributed by atoms with E-state index >= 15 is 0 Å². The van der Waals surface area contributed by atoms with E-state index in [-0.39, 0.29) is 103 Å². The fraction of sp³-hybridized carbons (Fsp3) is 0.100. The summed E-state index contributed by atoms with van der Waals surface area (Å²) in [5.74, 6) is 0. The summed E-state index contributed by atoms with van der Waals surface area (Å²) in [4.78, 5) is 0. The average molecular weight is 335 g/mol. The van der Waals surface area contributed by atoms with Gasteiger partial charge < -0.3 is 0 Å². The molecular formula is C20H16K2. The maximum Gasteiger partial charge on any atom is 1.00 e. The van der Waals surface area contributed by atoms with Gasteiger partial charge in [0.15, 0.2) is 0 Å². The van der Waals surface area contributed by atoms with Crippen LogP contribution in [0.4, 0.5) is 0 Å². The van der Waals surface area contributed by atoms with Crippen LogP contribution >= 0.6 is 0 Å². The van der Waals surface area contributed by atoms with Crippen LogP contribution in [0.3, 0.4) is 0 Å². The zero-order valence-electron chi connectivity index (χ0n) is 13.3. The molecule has 0 unspecified atom stereocenters. The van der Waals surface area contributed by atoms with Crippen molar-refractivity contribution >= 4 is 21.5 Å². The molecule has 0 radical (unpaired) electrons. The molecule has 0 N–H and O–H groups in total.